The maximum atomic E-state index is 6.32. The average Bonchev–Trinajstić information content (AvgIpc) is 2.71. The van der Waals surface area contributed by atoms with E-state index in [2.05, 4.69) is 15.3 Å². The van der Waals surface area contributed by atoms with Crippen molar-refractivity contribution in [2.24, 2.45) is 22.9 Å². The molecule has 0 aliphatic carbocycles. The molecule has 0 spiro atoms. The first kappa shape index (κ1) is 23.2. The normalized spacial score (nSPS) is 26.3. The Labute approximate surface area is 197 Å². The third-order valence-electron chi connectivity index (χ3n) is 5.66. The molecule has 4 unspecified atom stereocenters. The molecule has 10 nitrogen and oxygen atoms in total. The van der Waals surface area contributed by atoms with Crippen LogP contribution in [0.5, 0.6) is 0 Å². The van der Waals surface area contributed by atoms with Crippen LogP contribution in [0, 0.1) is 0 Å². The van der Waals surface area contributed by atoms with E-state index in [4.69, 9.17) is 51.1 Å². The summed E-state index contributed by atoms with van der Waals surface area (Å²) in [4.78, 5) is 18.0. The lowest BCUT2D eigenvalue weighted by atomic mass is 10.0. The van der Waals surface area contributed by atoms with Crippen LogP contribution in [0.25, 0.3) is 0 Å². The predicted octanol–water partition coefficient (Wildman–Crippen LogP) is 0.520. The zero-order valence-electron chi connectivity index (χ0n) is 17.8. The Balaban J connectivity index is 1.62. The van der Waals surface area contributed by atoms with Gasteiger partial charge in [-0.2, -0.15) is 15.0 Å². The summed E-state index contributed by atoms with van der Waals surface area (Å²) in [6.45, 7) is 2.92. The van der Waals surface area contributed by atoms with Crippen molar-refractivity contribution in [1.29, 1.82) is 0 Å². The van der Waals surface area contributed by atoms with Crippen molar-refractivity contribution in [3.63, 3.8) is 0 Å². The second-order valence-electron chi connectivity index (χ2n) is 8.67. The lowest BCUT2D eigenvalue weighted by Gasteiger charge is -2.37. The number of nitrogens with zero attached hydrogens (tertiary/aromatic N) is 5. The number of nitrogens with one attached hydrogen (secondary N) is 1. The van der Waals surface area contributed by atoms with E-state index in [-0.39, 0.29) is 24.2 Å². The zero-order chi connectivity index (χ0) is 22.8. The number of rotatable bonds is 5. The minimum Gasteiger partial charge on any atom is -0.350 e. The second-order valence-corrected chi connectivity index (χ2v) is 9.51. The van der Waals surface area contributed by atoms with Crippen LogP contribution >= 0.6 is 23.2 Å². The van der Waals surface area contributed by atoms with E-state index in [1.165, 1.54) is 0 Å². The molecule has 4 rings (SSSR count). The zero-order valence-corrected chi connectivity index (χ0v) is 19.3. The fourth-order valence-electron chi connectivity index (χ4n) is 4.24. The molecule has 1 aromatic carbocycles. The standard InChI is InChI=1S/C20H30Cl2N10/c21-12-2-1-11(17(22)3-12)6-27-18-28-19(31-7-13(23)4-14(24)8-31)30-20(29-18)32-9-15(25)5-16(26)10-32/h1-3,13-16H,4-10,23-26H2,(H,27,28,29,30). The van der Waals surface area contributed by atoms with Crippen LogP contribution in [-0.4, -0.2) is 65.3 Å². The smallest absolute Gasteiger partial charge is 0.232 e. The van der Waals surface area contributed by atoms with E-state index in [1.807, 2.05) is 15.9 Å². The molecule has 0 saturated carbocycles. The summed E-state index contributed by atoms with van der Waals surface area (Å²) in [5.41, 5.74) is 25.7. The summed E-state index contributed by atoms with van der Waals surface area (Å²) >= 11 is 12.3. The highest BCUT2D eigenvalue weighted by Gasteiger charge is 2.28. The van der Waals surface area contributed by atoms with E-state index in [9.17, 15) is 0 Å². The van der Waals surface area contributed by atoms with E-state index < -0.39 is 0 Å². The highest BCUT2D eigenvalue weighted by Crippen LogP contribution is 2.24. The van der Waals surface area contributed by atoms with Crippen molar-refractivity contribution in [3.05, 3.63) is 33.8 Å². The van der Waals surface area contributed by atoms with Crippen molar-refractivity contribution in [2.75, 3.05) is 41.3 Å². The average molecular weight is 481 g/mol. The Morgan fingerprint density at radius 3 is 1.78 bits per heavy atom. The van der Waals surface area contributed by atoms with Gasteiger partial charge in [-0.25, -0.2) is 0 Å². The van der Waals surface area contributed by atoms with Gasteiger partial charge in [0.05, 0.1) is 0 Å². The minimum atomic E-state index is -0.0416. The number of benzene rings is 1. The molecule has 2 aromatic rings. The maximum Gasteiger partial charge on any atom is 0.232 e. The highest BCUT2D eigenvalue weighted by molar-refractivity contribution is 6.35. The fraction of sp³-hybridized carbons (Fsp3) is 0.550. The van der Waals surface area contributed by atoms with Gasteiger partial charge in [0.25, 0.3) is 0 Å². The topological polar surface area (TPSA) is 161 Å². The van der Waals surface area contributed by atoms with Gasteiger partial charge >= 0.3 is 0 Å². The molecule has 174 valence electrons. The molecule has 2 fully saturated rings. The Bertz CT molecular complexity index is 880. The van der Waals surface area contributed by atoms with Crippen LogP contribution < -0.4 is 38.1 Å². The van der Waals surface area contributed by atoms with Crippen LogP contribution in [0.15, 0.2) is 18.2 Å². The number of halogens is 2. The van der Waals surface area contributed by atoms with Gasteiger partial charge in [-0.05, 0) is 30.5 Å². The molecular formula is C20H30Cl2N10. The molecule has 2 aliphatic heterocycles. The van der Waals surface area contributed by atoms with Crippen molar-refractivity contribution < 1.29 is 0 Å². The summed E-state index contributed by atoms with van der Waals surface area (Å²) in [6.07, 6.45) is 1.54. The summed E-state index contributed by atoms with van der Waals surface area (Å²) in [6, 6.07) is 5.20. The summed E-state index contributed by atoms with van der Waals surface area (Å²) in [5.74, 6) is 1.48. The van der Waals surface area contributed by atoms with Crippen molar-refractivity contribution in [3.8, 4) is 0 Å². The molecule has 4 atom stereocenters. The molecule has 32 heavy (non-hydrogen) atoms. The van der Waals surface area contributed by atoms with E-state index >= 15 is 0 Å². The molecular weight excluding hydrogens is 451 g/mol. The first-order valence-electron chi connectivity index (χ1n) is 10.7. The molecule has 9 N–H and O–H groups in total. The number of hydrogen-bond donors (Lipinski definition) is 5. The second kappa shape index (κ2) is 9.90. The van der Waals surface area contributed by atoms with Gasteiger partial charge in [-0.15, -0.1) is 0 Å². The van der Waals surface area contributed by atoms with Gasteiger partial charge in [-0.3, -0.25) is 0 Å². The number of anilines is 3. The van der Waals surface area contributed by atoms with Crippen molar-refractivity contribution in [1.82, 2.24) is 15.0 Å². The quantitative estimate of drug-likeness (QED) is 0.407. The Kier molecular flexibility index (Phi) is 7.18. The molecule has 2 aliphatic rings. The fourth-order valence-corrected chi connectivity index (χ4v) is 4.71. The van der Waals surface area contributed by atoms with Crippen molar-refractivity contribution >= 4 is 41.0 Å². The van der Waals surface area contributed by atoms with Gasteiger partial charge in [0, 0.05) is 66.9 Å². The van der Waals surface area contributed by atoms with Crippen LogP contribution in [0.1, 0.15) is 18.4 Å². The van der Waals surface area contributed by atoms with E-state index in [0.717, 1.165) is 18.4 Å². The molecule has 2 saturated heterocycles. The van der Waals surface area contributed by atoms with Gasteiger partial charge in [0.1, 0.15) is 0 Å². The maximum absolute atomic E-state index is 6.32. The summed E-state index contributed by atoms with van der Waals surface area (Å²) < 4.78 is 0. The van der Waals surface area contributed by atoms with E-state index in [0.29, 0.717) is 60.6 Å². The van der Waals surface area contributed by atoms with Gasteiger partial charge in [0.2, 0.25) is 17.8 Å². The largest absolute Gasteiger partial charge is 0.350 e. The molecule has 1 aromatic heterocycles. The number of aromatic nitrogens is 3. The SMILES string of the molecule is NC1CC(N)CN(c2nc(NCc3ccc(Cl)cc3Cl)nc(N3CC(N)CC(N)C3)n2)C1. The third kappa shape index (κ3) is 5.69. The Hall–Kier alpha value is -1.95. The molecule has 0 amide bonds. The van der Waals surface area contributed by atoms with Gasteiger partial charge in [0.15, 0.2) is 0 Å². The lowest BCUT2D eigenvalue weighted by Crippen LogP contribution is -2.54. The first-order valence-corrected chi connectivity index (χ1v) is 11.5. The molecule has 3 heterocycles. The predicted molar refractivity (Wildman–Crippen MR) is 129 cm³/mol. The van der Waals surface area contributed by atoms with Crippen molar-refractivity contribution in [2.45, 2.75) is 43.6 Å². The van der Waals surface area contributed by atoms with Gasteiger partial charge < -0.3 is 38.1 Å². The van der Waals surface area contributed by atoms with Crippen LogP contribution in [0.2, 0.25) is 10.0 Å². The Morgan fingerprint density at radius 1 is 0.812 bits per heavy atom. The first-order chi connectivity index (χ1) is 15.3. The molecule has 12 heteroatoms. The number of piperidine rings is 2. The van der Waals surface area contributed by atoms with Crippen LogP contribution in [0.3, 0.4) is 0 Å². The molecule has 0 radical (unpaired) electrons. The molecule has 0 bridgehead atoms. The number of hydrogen-bond acceptors (Lipinski definition) is 10. The van der Waals surface area contributed by atoms with E-state index in [1.54, 1.807) is 12.1 Å². The third-order valence-corrected chi connectivity index (χ3v) is 6.25. The van der Waals surface area contributed by atoms with Crippen LogP contribution in [-0.2, 0) is 6.54 Å². The summed E-state index contributed by atoms with van der Waals surface area (Å²) in [7, 11) is 0. The highest BCUT2D eigenvalue weighted by atomic mass is 35.5. The van der Waals surface area contributed by atoms with Crippen LogP contribution in [0.4, 0.5) is 17.8 Å². The minimum absolute atomic E-state index is 0.0416. The monoisotopic (exact) mass is 480 g/mol. The lowest BCUT2D eigenvalue weighted by molar-refractivity contribution is 0.441. The number of nitrogens with two attached hydrogens (primary N) is 4. The summed E-state index contributed by atoms with van der Waals surface area (Å²) in [5, 5.41) is 4.41. The Morgan fingerprint density at radius 2 is 1.31 bits per heavy atom. The van der Waals surface area contributed by atoms with Gasteiger partial charge in [-0.1, -0.05) is 29.3 Å².